The van der Waals surface area contributed by atoms with Crippen LogP contribution in [0.15, 0.2) is 0 Å². The summed E-state index contributed by atoms with van der Waals surface area (Å²) in [6.45, 7) is -1.76. The van der Waals surface area contributed by atoms with Gasteiger partial charge in [-0.15, -0.1) is 0 Å². The normalized spacial score (nSPS) is 14.1. The van der Waals surface area contributed by atoms with Gasteiger partial charge in [-0.25, -0.2) is 0 Å². The van der Waals surface area contributed by atoms with E-state index in [2.05, 4.69) is 23.3 Å². The summed E-state index contributed by atoms with van der Waals surface area (Å²) in [7, 11) is 0. The van der Waals surface area contributed by atoms with Crippen molar-refractivity contribution in [3.63, 3.8) is 0 Å². The Morgan fingerprint density at radius 2 is 0.885 bits per heavy atom. The lowest BCUT2D eigenvalue weighted by Crippen LogP contribution is -2.13. The van der Waals surface area contributed by atoms with Gasteiger partial charge in [-0.2, -0.15) is 0 Å². The molecule has 0 unspecified atom stereocenters. The minimum absolute atomic E-state index is 0.0232. The quantitative estimate of drug-likeness (QED) is 0.195. The molecule has 26 heavy (non-hydrogen) atoms. The lowest BCUT2D eigenvalue weighted by molar-refractivity contribution is -0.152. The van der Waals surface area contributed by atoms with Crippen molar-refractivity contribution >= 4 is 11.9 Å². The Labute approximate surface area is 167 Å². The maximum absolute atomic E-state index is 11.9. The van der Waals surface area contributed by atoms with Gasteiger partial charge in [-0.3, -0.25) is 9.59 Å². The molecule has 154 valence electrons. The predicted octanol–water partition coefficient (Wildman–Crippen LogP) is 6.35. The van der Waals surface area contributed by atoms with E-state index in [0.29, 0.717) is 12.8 Å². The number of carbonyl (C=O) groups excluding carboxylic acids is 2. The highest BCUT2D eigenvalue weighted by atomic mass is 16.6. The van der Waals surface area contributed by atoms with Gasteiger partial charge in [-0.1, -0.05) is 90.9 Å². The maximum Gasteiger partial charge on any atom is 0.305 e. The minimum Gasteiger partial charge on any atom is -0.462 e. The minimum atomic E-state index is -3.03. The molecule has 0 aromatic carbocycles. The van der Waals surface area contributed by atoms with Gasteiger partial charge in [0.15, 0.2) is 0 Å². The smallest absolute Gasteiger partial charge is 0.305 e. The molecule has 0 rings (SSSR count). The van der Waals surface area contributed by atoms with Gasteiger partial charge in [0, 0.05) is 12.8 Å². The molecule has 0 spiro atoms. The van der Waals surface area contributed by atoms with E-state index in [9.17, 15) is 9.59 Å². The van der Waals surface area contributed by atoms with Crippen LogP contribution in [-0.2, 0) is 19.1 Å². The van der Waals surface area contributed by atoms with Crippen LogP contribution in [-0.4, -0.2) is 25.1 Å². The Bertz CT molecular complexity index is 428. The lowest BCUT2D eigenvalue weighted by atomic mass is 10.1. The molecule has 0 radical (unpaired) electrons. The third-order valence-corrected chi connectivity index (χ3v) is 4.34. The molecule has 0 bridgehead atoms. The van der Waals surface area contributed by atoms with E-state index >= 15 is 0 Å². The van der Waals surface area contributed by atoms with E-state index in [1.54, 1.807) is 0 Å². The second kappa shape index (κ2) is 20.3. The molecule has 0 aliphatic rings. The number of ether oxygens (including phenoxy) is 2. The number of hydrogen-bond donors (Lipinski definition) is 0. The third kappa shape index (κ3) is 19.3. The Morgan fingerprint density at radius 1 is 0.577 bits per heavy atom. The average Bonchev–Trinajstić information content (AvgIpc) is 2.65. The molecule has 0 heterocycles. The standard InChI is InChI=1S/C22H42O4/c1-3-5-7-9-11-13-15-17-21(23)25-19-20-26-22(24)18-16-14-12-10-8-6-4-2/h3-20H2,1-2H3/i19D2,20D2. The van der Waals surface area contributed by atoms with E-state index in [0.717, 1.165) is 38.5 Å². The highest BCUT2D eigenvalue weighted by molar-refractivity contribution is 5.70. The lowest BCUT2D eigenvalue weighted by Gasteiger charge is -2.07. The summed E-state index contributed by atoms with van der Waals surface area (Å²) in [6, 6.07) is 0. The Balaban J connectivity index is 4.13. The second-order valence-corrected chi connectivity index (χ2v) is 6.89. The van der Waals surface area contributed by atoms with E-state index in [1.807, 2.05) is 0 Å². The first kappa shape index (κ1) is 18.3. The van der Waals surface area contributed by atoms with Crippen molar-refractivity contribution in [2.75, 3.05) is 13.1 Å². The summed E-state index contributed by atoms with van der Waals surface area (Å²) >= 11 is 0. The Hall–Kier alpha value is -1.06. The summed E-state index contributed by atoms with van der Waals surface area (Å²) in [4.78, 5) is 23.8. The van der Waals surface area contributed by atoms with Crippen molar-refractivity contribution in [3.8, 4) is 0 Å². The van der Waals surface area contributed by atoms with Gasteiger partial charge < -0.3 is 9.47 Å². The fourth-order valence-electron chi connectivity index (χ4n) is 2.71. The van der Waals surface area contributed by atoms with Gasteiger partial charge in [0.1, 0.15) is 13.1 Å². The second-order valence-electron chi connectivity index (χ2n) is 6.89. The highest BCUT2D eigenvalue weighted by Gasteiger charge is 2.05. The number of hydrogen-bond acceptors (Lipinski definition) is 4. The fraction of sp³-hybridized carbons (Fsp3) is 0.909. The number of esters is 2. The number of rotatable bonds is 19. The molecule has 4 heteroatoms. The number of carbonyl (C=O) groups is 2. The van der Waals surface area contributed by atoms with Gasteiger partial charge >= 0.3 is 11.9 Å². The molecule has 4 nitrogen and oxygen atoms in total. The molecule has 0 saturated carbocycles. The average molecular weight is 375 g/mol. The summed E-state index contributed by atoms with van der Waals surface area (Å²) in [5, 5.41) is 0. The fourth-order valence-corrected chi connectivity index (χ4v) is 2.71. The molecular weight excluding hydrogens is 328 g/mol. The maximum atomic E-state index is 11.9. The molecule has 0 aromatic rings. The topological polar surface area (TPSA) is 52.6 Å². The summed E-state index contributed by atoms with van der Waals surface area (Å²) in [5.74, 6) is -1.64. The van der Waals surface area contributed by atoms with Crippen LogP contribution in [0, 0.1) is 0 Å². The number of unbranched alkanes of at least 4 members (excludes halogenated alkanes) is 12. The van der Waals surface area contributed by atoms with E-state index in [-0.39, 0.29) is 12.8 Å². The molecule has 0 saturated heterocycles. The zero-order valence-corrected chi connectivity index (χ0v) is 16.9. The largest absolute Gasteiger partial charge is 0.462 e. The van der Waals surface area contributed by atoms with Crippen molar-refractivity contribution in [1.82, 2.24) is 0 Å². The van der Waals surface area contributed by atoms with Crippen LogP contribution in [0.5, 0.6) is 0 Å². The molecule has 0 aromatic heterocycles. The van der Waals surface area contributed by atoms with Crippen molar-refractivity contribution in [2.24, 2.45) is 0 Å². The van der Waals surface area contributed by atoms with Crippen LogP contribution in [0.2, 0.25) is 0 Å². The van der Waals surface area contributed by atoms with Crippen LogP contribution in [0.25, 0.3) is 0 Å². The van der Waals surface area contributed by atoms with Crippen LogP contribution in [0.1, 0.15) is 122 Å². The Kier molecular flexibility index (Phi) is 14.3. The van der Waals surface area contributed by atoms with E-state index < -0.39 is 25.1 Å². The van der Waals surface area contributed by atoms with Gasteiger partial charge in [0.05, 0.1) is 5.48 Å². The van der Waals surface area contributed by atoms with Crippen molar-refractivity contribution in [3.05, 3.63) is 0 Å². The molecule has 0 atom stereocenters. The monoisotopic (exact) mass is 374 g/mol. The van der Waals surface area contributed by atoms with Crippen LogP contribution >= 0.6 is 0 Å². The zero-order chi connectivity index (χ0) is 22.9. The first-order valence-electron chi connectivity index (χ1n) is 12.6. The molecule has 0 aliphatic carbocycles. The first-order chi connectivity index (χ1) is 14.2. The van der Waals surface area contributed by atoms with Gasteiger partial charge in [0.25, 0.3) is 0 Å². The molecular formula is C22H42O4. The summed E-state index contributed by atoms with van der Waals surface area (Å²) in [6.07, 6.45) is 14.2. The predicted molar refractivity (Wildman–Crippen MR) is 107 cm³/mol. The van der Waals surface area contributed by atoms with Crippen LogP contribution < -0.4 is 0 Å². The van der Waals surface area contributed by atoms with Crippen LogP contribution in [0.4, 0.5) is 0 Å². The summed E-state index contributed by atoms with van der Waals surface area (Å²) < 4.78 is 40.2. The van der Waals surface area contributed by atoms with E-state index in [4.69, 9.17) is 5.48 Å². The SMILES string of the molecule is [2H]C([2H])(OC(=O)CCCCCCCCC)C([2H])([2H])OC(=O)CCCCCCCCC. The van der Waals surface area contributed by atoms with Crippen molar-refractivity contribution < 1.29 is 24.5 Å². The molecule has 0 aliphatic heterocycles. The zero-order valence-electron chi connectivity index (χ0n) is 20.9. The van der Waals surface area contributed by atoms with Crippen LogP contribution in [0.3, 0.4) is 0 Å². The third-order valence-electron chi connectivity index (χ3n) is 4.34. The van der Waals surface area contributed by atoms with E-state index in [1.165, 1.54) is 38.5 Å². The molecule has 0 N–H and O–H groups in total. The van der Waals surface area contributed by atoms with Gasteiger partial charge in [-0.05, 0) is 12.8 Å². The Morgan fingerprint density at radius 3 is 1.23 bits per heavy atom. The van der Waals surface area contributed by atoms with Gasteiger partial charge in [0.2, 0.25) is 0 Å². The highest BCUT2D eigenvalue weighted by Crippen LogP contribution is 2.10. The van der Waals surface area contributed by atoms with Crippen molar-refractivity contribution in [2.45, 2.75) is 117 Å². The van der Waals surface area contributed by atoms with Crippen molar-refractivity contribution in [1.29, 1.82) is 0 Å². The summed E-state index contributed by atoms with van der Waals surface area (Å²) in [5.41, 5.74) is 0. The first-order valence-corrected chi connectivity index (χ1v) is 10.6. The molecule has 0 fully saturated rings. The molecule has 0 amide bonds.